The van der Waals surface area contributed by atoms with Crippen LogP contribution in [0.5, 0.6) is 0 Å². The van der Waals surface area contributed by atoms with E-state index >= 15 is 0 Å². The standard InChI is InChI=1S/C11H17NO2S/c1-7-5-10(15-9(7)3)11(14)12(4)8(2)6-13/h5,8,13H,6H2,1-4H3. The van der Waals surface area contributed by atoms with Gasteiger partial charge in [0.05, 0.1) is 17.5 Å². The normalized spacial score (nSPS) is 12.6. The number of nitrogens with zero attached hydrogens (tertiary/aromatic N) is 1. The highest BCUT2D eigenvalue weighted by Crippen LogP contribution is 2.22. The van der Waals surface area contributed by atoms with Gasteiger partial charge in [0, 0.05) is 11.9 Å². The highest BCUT2D eigenvalue weighted by Gasteiger charge is 2.18. The number of aliphatic hydroxyl groups excluding tert-OH is 1. The zero-order valence-corrected chi connectivity index (χ0v) is 10.4. The Labute approximate surface area is 94.3 Å². The maximum atomic E-state index is 11.9. The largest absolute Gasteiger partial charge is 0.394 e. The number of thiophene rings is 1. The first kappa shape index (κ1) is 12.2. The first-order valence-corrected chi connectivity index (χ1v) is 5.74. The van der Waals surface area contributed by atoms with Crippen LogP contribution >= 0.6 is 11.3 Å². The van der Waals surface area contributed by atoms with Crippen molar-refractivity contribution in [2.45, 2.75) is 26.8 Å². The second-order valence-electron chi connectivity index (χ2n) is 3.80. The average Bonchev–Trinajstić information content (AvgIpc) is 2.56. The van der Waals surface area contributed by atoms with Crippen LogP contribution in [0, 0.1) is 13.8 Å². The van der Waals surface area contributed by atoms with Gasteiger partial charge in [0.25, 0.3) is 5.91 Å². The van der Waals surface area contributed by atoms with Gasteiger partial charge in [-0.05, 0) is 32.4 Å². The molecule has 0 aromatic carbocycles. The summed E-state index contributed by atoms with van der Waals surface area (Å²) in [5, 5.41) is 8.97. The summed E-state index contributed by atoms with van der Waals surface area (Å²) in [4.78, 5) is 15.4. The first-order chi connectivity index (χ1) is 6.97. The fourth-order valence-corrected chi connectivity index (χ4v) is 2.19. The van der Waals surface area contributed by atoms with Crippen LogP contribution < -0.4 is 0 Å². The molecule has 1 rings (SSSR count). The van der Waals surface area contributed by atoms with Gasteiger partial charge in [-0.15, -0.1) is 11.3 Å². The van der Waals surface area contributed by atoms with Crippen molar-refractivity contribution in [1.29, 1.82) is 0 Å². The summed E-state index contributed by atoms with van der Waals surface area (Å²) >= 11 is 1.51. The van der Waals surface area contributed by atoms with E-state index in [4.69, 9.17) is 5.11 Å². The van der Waals surface area contributed by atoms with Crippen LogP contribution in [0.25, 0.3) is 0 Å². The minimum atomic E-state index is -0.139. The van der Waals surface area contributed by atoms with Gasteiger partial charge in [-0.2, -0.15) is 0 Å². The lowest BCUT2D eigenvalue weighted by Crippen LogP contribution is -2.36. The molecular weight excluding hydrogens is 210 g/mol. The number of likely N-dealkylation sites (N-methyl/N-ethyl adjacent to an activating group) is 1. The van der Waals surface area contributed by atoms with Gasteiger partial charge in [-0.1, -0.05) is 0 Å². The van der Waals surface area contributed by atoms with E-state index in [2.05, 4.69) is 0 Å². The number of aliphatic hydroxyl groups is 1. The Morgan fingerprint density at radius 1 is 1.60 bits per heavy atom. The van der Waals surface area contributed by atoms with Crippen molar-refractivity contribution in [3.05, 3.63) is 21.4 Å². The number of hydrogen-bond acceptors (Lipinski definition) is 3. The zero-order valence-electron chi connectivity index (χ0n) is 9.57. The fraction of sp³-hybridized carbons (Fsp3) is 0.545. The van der Waals surface area contributed by atoms with Gasteiger partial charge in [-0.3, -0.25) is 4.79 Å². The van der Waals surface area contributed by atoms with E-state index in [0.717, 1.165) is 10.4 Å². The van der Waals surface area contributed by atoms with Crippen LogP contribution in [0.2, 0.25) is 0 Å². The second kappa shape index (κ2) is 4.77. The maximum absolute atomic E-state index is 11.9. The first-order valence-electron chi connectivity index (χ1n) is 4.92. The third-order valence-corrected chi connectivity index (χ3v) is 3.76. The predicted octanol–water partition coefficient (Wildman–Crippen LogP) is 1.82. The molecule has 0 fully saturated rings. The van der Waals surface area contributed by atoms with Gasteiger partial charge in [0.2, 0.25) is 0 Å². The van der Waals surface area contributed by atoms with E-state index in [9.17, 15) is 4.79 Å². The van der Waals surface area contributed by atoms with Crippen LogP contribution in [0.15, 0.2) is 6.07 Å². The minimum Gasteiger partial charge on any atom is -0.394 e. The number of aryl methyl sites for hydroxylation is 2. The third kappa shape index (κ3) is 2.58. The zero-order chi connectivity index (χ0) is 11.6. The molecule has 1 N–H and O–H groups in total. The molecular formula is C11H17NO2S. The van der Waals surface area contributed by atoms with Crippen LogP contribution in [-0.2, 0) is 0 Å². The molecule has 1 aromatic heterocycles. The fourth-order valence-electron chi connectivity index (χ4n) is 1.18. The van der Waals surface area contributed by atoms with Gasteiger partial charge >= 0.3 is 0 Å². The van der Waals surface area contributed by atoms with E-state index in [-0.39, 0.29) is 18.6 Å². The smallest absolute Gasteiger partial charge is 0.263 e. The summed E-state index contributed by atoms with van der Waals surface area (Å²) in [7, 11) is 1.72. The third-order valence-electron chi connectivity index (χ3n) is 2.62. The number of hydrogen-bond donors (Lipinski definition) is 1. The molecule has 0 aliphatic carbocycles. The Bertz CT molecular complexity index is 340. The topological polar surface area (TPSA) is 40.5 Å². The molecule has 0 saturated carbocycles. The summed E-state index contributed by atoms with van der Waals surface area (Å²) in [5.74, 6) is -0.0160. The van der Waals surface area contributed by atoms with Crippen LogP contribution in [0.4, 0.5) is 0 Å². The summed E-state index contributed by atoms with van der Waals surface area (Å²) in [6.45, 7) is 5.82. The van der Waals surface area contributed by atoms with Gasteiger partial charge < -0.3 is 10.0 Å². The van der Waals surface area contributed by atoms with Crippen molar-refractivity contribution in [2.24, 2.45) is 0 Å². The van der Waals surface area contributed by atoms with E-state index < -0.39 is 0 Å². The van der Waals surface area contributed by atoms with Gasteiger partial charge in [0.1, 0.15) is 0 Å². The van der Waals surface area contributed by atoms with Crippen LogP contribution in [0.1, 0.15) is 27.0 Å². The summed E-state index contributed by atoms with van der Waals surface area (Å²) in [6.07, 6.45) is 0. The molecule has 1 atom stereocenters. The van der Waals surface area contributed by atoms with Gasteiger partial charge in [-0.25, -0.2) is 0 Å². The molecule has 3 nitrogen and oxygen atoms in total. The molecule has 0 saturated heterocycles. The Hall–Kier alpha value is -0.870. The molecule has 84 valence electrons. The molecule has 0 aliphatic heterocycles. The van der Waals surface area contributed by atoms with Crippen molar-refractivity contribution in [1.82, 2.24) is 4.90 Å². The molecule has 15 heavy (non-hydrogen) atoms. The molecule has 0 radical (unpaired) electrons. The number of carbonyl (C=O) groups is 1. The van der Waals surface area contributed by atoms with E-state index in [1.165, 1.54) is 16.2 Å². The lowest BCUT2D eigenvalue weighted by molar-refractivity contribution is 0.0687. The predicted molar refractivity (Wildman–Crippen MR) is 62.4 cm³/mol. The molecule has 0 bridgehead atoms. The monoisotopic (exact) mass is 227 g/mol. The Morgan fingerprint density at radius 3 is 2.60 bits per heavy atom. The van der Waals surface area contributed by atoms with E-state index in [0.29, 0.717) is 0 Å². The second-order valence-corrected chi connectivity index (χ2v) is 5.05. The highest BCUT2D eigenvalue weighted by molar-refractivity contribution is 7.14. The SMILES string of the molecule is Cc1cc(C(=O)N(C)C(C)CO)sc1C. The molecule has 1 amide bonds. The average molecular weight is 227 g/mol. The Balaban J connectivity index is 2.85. The molecule has 1 aromatic rings. The highest BCUT2D eigenvalue weighted by atomic mass is 32.1. The molecule has 4 heteroatoms. The van der Waals surface area contributed by atoms with Crippen molar-refractivity contribution < 1.29 is 9.90 Å². The minimum absolute atomic E-state index is 0.00835. The molecule has 1 heterocycles. The Kier molecular flexibility index (Phi) is 3.88. The van der Waals surface area contributed by atoms with E-state index in [1.807, 2.05) is 26.8 Å². The van der Waals surface area contributed by atoms with Crippen molar-refractivity contribution in [2.75, 3.05) is 13.7 Å². The summed E-state index contributed by atoms with van der Waals surface area (Å²) < 4.78 is 0. The molecule has 0 spiro atoms. The van der Waals surface area contributed by atoms with Gasteiger partial charge in [0.15, 0.2) is 0 Å². The molecule has 0 aliphatic rings. The summed E-state index contributed by atoms with van der Waals surface area (Å²) in [6, 6.07) is 1.77. The quantitative estimate of drug-likeness (QED) is 0.855. The van der Waals surface area contributed by atoms with Crippen molar-refractivity contribution >= 4 is 17.2 Å². The maximum Gasteiger partial charge on any atom is 0.263 e. The lowest BCUT2D eigenvalue weighted by Gasteiger charge is -2.22. The van der Waals surface area contributed by atoms with Crippen molar-refractivity contribution in [3.63, 3.8) is 0 Å². The Morgan fingerprint density at radius 2 is 2.20 bits per heavy atom. The van der Waals surface area contributed by atoms with E-state index in [1.54, 1.807) is 11.9 Å². The molecule has 1 unspecified atom stereocenters. The number of amides is 1. The summed E-state index contributed by atoms with van der Waals surface area (Å²) in [5.41, 5.74) is 1.15. The van der Waals surface area contributed by atoms with Crippen molar-refractivity contribution in [3.8, 4) is 0 Å². The van der Waals surface area contributed by atoms with Crippen LogP contribution in [0.3, 0.4) is 0 Å². The lowest BCUT2D eigenvalue weighted by atomic mass is 10.2. The number of rotatable bonds is 3. The van der Waals surface area contributed by atoms with Crippen LogP contribution in [-0.4, -0.2) is 35.6 Å². The number of carbonyl (C=O) groups excluding carboxylic acids is 1.